The summed E-state index contributed by atoms with van der Waals surface area (Å²) < 4.78 is 5.92. The molecule has 112 valence electrons. The minimum Gasteiger partial charge on any atom is -0.477 e. The first-order valence-corrected chi connectivity index (χ1v) is 7.49. The van der Waals surface area contributed by atoms with E-state index in [1.54, 1.807) is 6.20 Å². The molecule has 6 heteroatoms. The van der Waals surface area contributed by atoms with E-state index in [2.05, 4.69) is 20.2 Å². The Balaban J connectivity index is 1.73. The molecule has 1 fully saturated rings. The Bertz CT molecular complexity index is 796. The maximum atomic E-state index is 5.92. The Morgan fingerprint density at radius 2 is 2.14 bits per heavy atom. The summed E-state index contributed by atoms with van der Waals surface area (Å²) in [6, 6.07) is 5.96. The zero-order valence-corrected chi connectivity index (χ0v) is 12.1. The van der Waals surface area contributed by atoms with Gasteiger partial charge in [0.25, 0.3) is 0 Å². The Kier molecular flexibility index (Phi) is 3.14. The highest BCUT2D eigenvalue weighted by molar-refractivity contribution is 5.88. The molecule has 0 unspecified atom stereocenters. The molecule has 0 radical (unpaired) electrons. The third-order valence-corrected chi connectivity index (χ3v) is 4.19. The quantitative estimate of drug-likeness (QED) is 0.772. The predicted molar refractivity (Wildman–Crippen MR) is 84.4 cm³/mol. The van der Waals surface area contributed by atoms with E-state index in [9.17, 15) is 0 Å². The summed E-state index contributed by atoms with van der Waals surface area (Å²) in [5, 5.41) is 7.69. The molecule has 2 heterocycles. The van der Waals surface area contributed by atoms with Gasteiger partial charge >= 0.3 is 0 Å². The maximum absolute atomic E-state index is 5.92. The molecule has 0 amide bonds. The average Bonchev–Trinajstić information content (AvgIpc) is 2.99. The van der Waals surface area contributed by atoms with Gasteiger partial charge in [0.05, 0.1) is 23.7 Å². The van der Waals surface area contributed by atoms with Crippen LogP contribution in [0.5, 0.6) is 5.88 Å². The number of aromatic amines is 1. The van der Waals surface area contributed by atoms with E-state index in [0.717, 1.165) is 22.0 Å². The number of rotatable bonds is 4. The van der Waals surface area contributed by atoms with Gasteiger partial charge in [-0.25, -0.2) is 4.98 Å². The molecule has 1 aliphatic rings. The van der Waals surface area contributed by atoms with Crippen LogP contribution in [0.15, 0.2) is 30.6 Å². The second kappa shape index (κ2) is 5.29. The van der Waals surface area contributed by atoms with Crippen LogP contribution in [0.25, 0.3) is 22.0 Å². The number of hydrogen-bond acceptors (Lipinski definition) is 5. The van der Waals surface area contributed by atoms with Crippen LogP contribution in [0.2, 0.25) is 0 Å². The lowest BCUT2D eigenvalue weighted by molar-refractivity contribution is 0.177. The van der Waals surface area contributed by atoms with Gasteiger partial charge in [-0.3, -0.25) is 5.10 Å². The molecule has 3 aromatic rings. The summed E-state index contributed by atoms with van der Waals surface area (Å²) in [6.07, 6.45) is 7.41. The fourth-order valence-corrected chi connectivity index (χ4v) is 2.67. The Morgan fingerprint density at radius 1 is 1.23 bits per heavy atom. The lowest BCUT2D eigenvalue weighted by Gasteiger charge is -2.25. The number of ether oxygens (including phenoxy) is 1. The fraction of sp³-hybridized carbons (Fsp3) is 0.312. The Morgan fingerprint density at radius 3 is 2.86 bits per heavy atom. The molecule has 1 saturated carbocycles. The summed E-state index contributed by atoms with van der Waals surface area (Å²) in [7, 11) is 0. The maximum Gasteiger partial charge on any atom is 0.226 e. The molecule has 0 bridgehead atoms. The van der Waals surface area contributed by atoms with Gasteiger partial charge < -0.3 is 10.5 Å². The minimum atomic E-state index is 0.243. The summed E-state index contributed by atoms with van der Waals surface area (Å²) in [5.74, 6) is 1.45. The first-order valence-electron chi connectivity index (χ1n) is 7.49. The summed E-state index contributed by atoms with van der Waals surface area (Å²) in [4.78, 5) is 8.56. The van der Waals surface area contributed by atoms with E-state index in [4.69, 9.17) is 10.5 Å². The van der Waals surface area contributed by atoms with Gasteiger partial charge in [-0.15, -0.1) is 0 Å². The number of nitrogen functional groups attached to an aromatic ring is 1. The SMILES string of the molecule is Nc1nc(OCC2CCC2)c2cc(-c3cn[nH]c3)ccc2n1. The highest BCUT2D eigenvalue weighted by Crippen LogP contribution is 2.31. The molecule has 0 spiro atoms. The van der Waals surface area contributed by atoms with Crippen molar-refractivity contribution in [2.45, 2.75) is 19.3 Å². The predicted octanol–water partition coefficient (Wildman–Crippen LogP) is 2.78. The molecular weight excluding hydrogens is 278 g/mol. The van der Waals surface area contributed by atoms with E-state index >= 15 is 0 Å². The number of nitrogens with two attached hydrogens (primary N) is 1. The van der Waals surface area contributed by atoms with Crippen LogP contribution in [0.1, 0.15) is 19.3 Å². The largest absolute Gasteiger partial charge is 0.477 e. The number of fused-ring (bicyclic) bond motifs is 1. The van der Waals surface area contributed by atoms with E-state index in [0.29, 0.717) is 18.4 Å². The smallest absolute Gasteiger partial charge is 0.226 e. The summed E-state index contributed by atoms with van der Waals surface area (Å²) in [5.41, 5.74) is 8.65. The van der Waals surface area contributed by atoms with Crippen LogP contribution in [-0.4, -0.2) is 26.8 Å². The third-order valence-electron chi connectivity index (χ3n) is 4.19. The molecule has 0 aliphatic heterocycles. The molecule has 1 aliphatic carbocycles. The number of hydrogen-bond donors (Lipinski definition) is 2. The number of H-pyrrole nitrogens is 1. The van der Waals surface area contributed by atoms with Crippen LogP contribution in [0, 0.1) is 5.92 Å². The molecule has 1 aromatic carbocycles. The summed E-state index contributed by atoms with van der Waals surface area (Å²) >= 11 is 0. The summed E-state index contributed by atoms with van der Waals surface area (Å²) in [6.45, 7) is 0.696. The average molecular weight is 295 g/mol. The number of nitrogens with zero attached hydrogens (tertiary/aromatic N) is 3. The van der Waals surface area contributed by atoms with Gasteiger partial charge in [0.15, 0.2) is 0 Å². The van der Waals surface area contributed by atoms with Crippen molar-refractivity contribution >= 4 is 16.9 Å². The van der Waals surface area contributed by atoms with Crippen molar-refractivity contribution in [2.75, 3.05) is 12.3 Å². The van der Waals surface area contributed by atoms with Crippen molar-refractivity contribution in [3.8, 4) is 17.0 Å². The topological polar surface area (TPSA) is 89.7 Å². The highest BCUT2D eigenvalue weighted by Gasteiger charge is 2.19. The monoisotopic (exact) mass is 295 g/mol. The van der Waals surface area contributed by atoms with Gasteiger partial charge in [0.2, 0.25) is 11.8 Å². The van der Waals surface area contributed by atoms with E-state index in [1.807, 2.05) is 24.4 Å². The second-order valence-electron chi connectivity index (χ2n) is 5.71. The number of nitrogens with one attached hydrogen (secondary N) is 1. The Hall–Kier alpha value is -2.63. The lowest BCUT2D eigenvalue weighted by atomic mass is 9.86. The number of aromatic nitrogens is 4. The van der Waals surface area contributed by atoms with Crippen LogP contribution in [0.3, 0.4) is 0 Å². The minimum absolute atomic E-state index is 0.243. The van der Waals surface area contributed by atoms with Crippen LogP contribution in [-0.2, 0) is 0 Å². The molecule has 0 atom stereocenters. The van der Waals surface area contributed by atoms with Crippen LogP contribution >= 0.6 is 0 Å². The lowest BCUT2D eigenvalue weighted by Crippen LogP contribution is -2.19. The molecule has 2 aromatic heterocycles. The standard InChI is InChI=1S/C16H17N5O/c17-16-20-14-5-4-11(12-7-18-19-8-12)6-13(14)15(21-16)22-9-10-2-1-3-10/h4-8,10H,1-3,9H2,(H,18,19)(H2,17,20,21). The van der Waals surface area contributed by atoms with Crippen molar-refractivity contribution < 1.29 is 4.74 Å². The van der Waals surface area contributed by atoms with Gasteiger partial charge in [0, 0.05) is 11.8 Å². The zero-order valence-electron chi connectivity index (χ0n) is 12.1. The zero-order chi connectivity index (χ0) is 14.9. The fourth-order valence-electron chi connectivity index (χ4n) is 2.67. The van der Waals surface area contributed by atoms with Crippen molar-refractivity contribution in [2.24, 2.45) is 5.92 Å². The second-order valence-corrected chi connectivity index (χ2v) is 5.71. The van der Waals surface area contributed by atoms with Gasteiger partial charge in [-0.1, -0.05) is 12.5 Å². The molecule has 6 nitrogen and oxygen atoms in total. The normalized spacial score (nSPS) is 14.9. The third kappa shape index (κ3) is 2.36. The van der Waals surface area contributed by atoms with E-state index in [-0.39, 0.29) is 5.95 Å². The number of anilines is 1. The van der Waals surface area contributed by atoms with Crippen molar-refractivity contribution in [3.05, 3.63) is 30.6 Å². The first kappa shape index (κ1) is 13.1. The van der Waals surface area contributed by atoms with Gasteiger partial charge in [-0.05, 0) is 36.5 Å². The Labute approximate surface area is 127 Å². The first-order chi connectivity index (χ1) is 10.8. The van der Waals surface area contributed by atoms with Gasteiger partial charge in [-0.2, -0.15) is 10.1 Å². The van der Waals surface area contributed by atoms with Crippen LogP contribution < -0.4 is 10.5 Å². The van der Waals surface area contributed by atoms with Crippen molar-refractivity contribution in [1.29, 1.82) is 0 Å². The van der Waals surface area contributed by atoms with Gasteiger partial charge in [0.1, 0.15) is 0 Å². The van der Waals surface area contributed by atoms with Crippen molar-refractivity contribution in [3.63, 3.8) is 0 Å². The molecule has 22 heavy (non-hydrogen) atoms. The van der Waals surface area contributed by atoms with E-state index < -0.39 is 0 Å². The van der Waals surface area contributed by atoms with E-state index in [1.165, 1.54) is 19.3 Å². The van der Waals surface area contributed by atoms with Crippen LogP contribution in [0.4, 0.5) is 5.95 Å². The molecular formula is C16H17N5O. The highest BCUT2D eigenvalue weighted by atomic mass is 16.5. The molecule has 0 saturated heterocycles. The van der Waals surface area contributed by atoms with Crippen molar-refractivity contribution in [1.82, 2.24) is 20.2 Å². The molecule has 4 rings (SSSR count). The number of benzene rings is 1. The molecule has 3 N–H and O–H groups in total.